The van der Waals surface area contributed by atoms with Crippen LogP contribution >= 0.6 is 0 Å². The SMILES string of the molecule is CCCCCNC(=O)NCC(O)c1cccc(OC)c1. The van der Waals surface area contributed by atoms with Crippen LogP contribution in [0, 0.1) is 0 Å². The maximum atomic E-state index is 11.5. The summed E-state index contributed by atoms with van der Waals surface area (Å²) in [5, 5.41) is 15.4. The topological polar surface area (TPSA) is 70.6 Å². The van der Waals surface area contributed by atoms with Crippen LogP contribution < -0.4 is 15.4 Å². The van der Waals surface area contributed by atoms with E-state index in [9.17, 15) is 9.90 Å². The smallest absolute Gasteiger partial charge is 0.314 e. The molecule has 0 bridgehead atoms. The highest BCUT2D eigenvalue weighted by Gasteiger charge is 2.09. The zero-order valence-corrected chi connectivity index (χ0v) is 12.2. The Morgan fingerprint density at radius 2 is 2.15 bits per heavy atom. The molecule has 5 heteroatoms. The van der Waals surface area contributed by atoms with Gasteiger partial charge in [0.2, 0.25) is 0 Å². The highest BCUT2D eigenvalue weighted by atomic mass is 16.5. The quantitative estimate of drug-likeness (QED) is 0.639. The molecule has 112 valence electrons. The molecule has 0 aliphatic rings. The Hall–Kier alpha value is -1.75. The van der Waals surface area contributed by atoms with E-state index in [2.05, 4.69) is 17.6 Å². The number of carbonyl (C=O) groups excluding carboxylic acids is 1. The molecule has 1 aromatic rings. The van der Waals surface area contributed by atoms with Crippen molar-refractivity contribution in [2.45, 2.75) is 32.3 Å². The summed E-state index contributed by atoms with van der Waals surface area (Å²) < 4.78 is 5.10. The molecule has 20 heavy (non-hydrogen) atoms. The first-order valence-electron chi connectivity index (χ1n) is 7.01. The van der Waals surface area contributed by atoms with Gasteiger partial charge in [-0.3, -0.25) is 0 Å². The number of nitrogens with one attached hydrogen (secondary N) is 2. The van der Waals surface area contributed by atoms with Crippen LogP contribution in [0.4, 0.5) is 4.79 Å². The summed E-state index contributed by atoms with van der Waals surface area (Å²) in [6, 6.07) is 6.93. The maximum Gasteiger partial charge on any atom is 0.314 e. The number of amides is 2. The summed E-state index contributed by atoms with van der Waals surface area (Å²) in [6.45, 7) is 2.95. The van der Waals surface area contributed by atoms with Crippen LogP contribution in [0.2, 0.25) is 0 Å². The number of methoxy groups -OCH3 is 1. The normalized spacial score (nSPS) is 11.8. The van der Waals surface area contributed by atoms with Gasteiger partial charge in [0.25, 0.3) is 0 Å². The molecule has 1 atom stereocenters. The first-order chi connectivity index (χ1) is 9.67. The minimum Gasteiger partial charge on any atom is -0.497 e. The first-order valence-corrected chi connectivity index (χ1v) is 7.01. The molecule has 0 heterocycles. The number of carbonyl (C=O) groups is 1. The molecule has 0 radical (unpaired) electrons. The number of aliphatic hydroxyl groups is 1. The summed E-state index contributed by atoms with van der Waals surface area (Å²) in [6.07, 6.45) is 2.46. The van der Waals surface area contributed by atoms with Crippen LogP contribution in [-0.4, -0.2) is 31.3 Å². The lowest BCUT2D eigenvalue weighted by molar-refractivity contribution is 0.173. The number of urea groups is 1. The van der Waals surface area contributed by atoms with Gasteiger partial charge in [0.1, 0.15) is 5.75 Å². The second-order valence-corrected chi connectivity index (χ2v) is 4.64. The minimum atomic E-state index is -0.744. The highest BCUT2D eigenvalue weighted by Crippen LogP contribution is 2.18. The third-order valence-electron chi connectivity index (χ3n) is 3.00. The summed E-state index contributed by atoms with van der Waals surface area (Å²) in [4.78, 5) is 11.5. The molecule has 1 aromatic carbocycles. The highest BCUT2D eigenvalue weighted by molar-refractivity contribution is 5.73. The van der Waals surface area contributed by atoms with Crippen molar-refractivity contribution in [2.75, 3.05) is 20.2 Å². The van der Waals surface area contributed by atoms with Crippen LogP contribution in [0.3, 0.4) is 0 Å². The number of hydrogen-bond donors (Lipinski definition) is 3. The number of rotatable bonds is 8. The third-order valence-corrected chi connectivity index (χ3v) is 3.00. The van der Waals surface area contributed by atoms with E-state index in [1.807, 2.05) is 12.1 Å². The molecule has 2 amide bonds. The van der Waals surface area contributed by atoms with Crippen molar-refractivity contribution in [3.63, 3.8) is 0 Å². The summed E-state index contributed by atoms with van der Waals surface area (Å²) in [5.41, 5.74) is 0.718. The van der Waals surface area contributed by atoms with Crippen molar-refractivity contribution < 1.29 is 14.6 Å². The summed E-state index contributed by atoms with van der Waals surface area (Å²) in [5.74, 6) is 0.686. The van der Waals surface area contributed by atoms with Gasteiger partial charge in [-0.1, -0.05) is 31.9 Å². The zero-order valence-electron chi connectivity index (χ0n) is 12.2. The van der Waals surface area contributed by atoms with Crippen LogP contribution in [-0.2, 0) is 0 Å². The van der Waals surface area contributed by atoms with E-state index in [1.54, 1.807) is 19.2 Å². The molecular weight excluding hydrogens is 256 g/mol. The van der Waals surface area contributed by atoms with E-state index in [-0.39, 0.29) is 12.6 Å². The molecule has 0 saturated heterocycles. The van der Waals surface area contributed by atoms with E-state index in [1.165, 1.54) is 0 Å². The lowest BCUT2D eigenvalue weighted by Crippen LogP contribution is -2.38. The largest absolute Gasteiger partial charge is 0.497 e. The average molecular weight is 280 g/mol. The standard InChI is InChI=1S/C15H24N2O3/c1-3-4-5-9-16-15(19)17-11-14(18)12-7-6-8-13(10-12)20-2/h6-8,10,14,18H,3-5,9,11H2,1-2H3,(H2,16,17,19). The van der Waals surface area contributed by atoms with Gasteiger partial charge in [0.15, 0.2) is 0 Å². The van der Waals surface area contributed by atoms with Gasteiger partial charge in [-0.15, -0.1) is 0 Å². The average Bonchev–Trinajstić information content (AvgIpc) is 2.49. The predicted octanol–water partition coefficient (Wildman–Crippen LogP) is 2.22. The number of aliphatic hydroxyl groups excluding tert-OH is 1. The molecule has 0 aromatic heterocycles. The van der Waals surface area contributed by atoms with Crippen LogP contribution in [0.15, 0.2) is 24.3 Å². The Balaban J connectivity index is 2.31. The molecule has 0 aliphatic heterocycles. The Morgan fingerprint density at radius 3 is 2.85 bits per heavy atom. The Bertz CT molecular complexity index is 410. The fraction of sp³-hybridized carbons (Fsp3) is 0.533. The summed E-state index contributed by atoms with van der Waals surface area (Å²) in [7, 11) is 1.58. The first kappa shape index (κ1) is 16.3. The molecule has 0 spiro atoms. The maximum absolute atomic E-state index is 11.5. The molecule has 5 nitrogen and oxygen atoms in total. The summed E-state index contributed by atoms with van der Waals surface area (Å²) >= 11 is 0. The Morgan fingerprint density at radius 1 is 1.35 bits per heavy atom. The Kier molecular flexibility index (Phi) is 7.50. The van der Waals surface area contributed by atoms with Gasteiger partial charge in [0, 0.05) is 13.1 Å². The fourth-order valence-corrected chi connectivity index (χ4v) is 1.80. The van der Waals surface area contributed by atoms with E-state index in [4.69, 9.17) is 4.74 Å². The minimum absolute atomic E-state index is 0.173. The second-order valence-electron chi connectivity index (χ2n) is 4.64. The number of hydrogen-bond acceptors (Lipinski definition) is 3. The number of benzene rings is 1. The van der Waals surface area contributed by atoms with Crippen molar-refractivity contribution in [2.24, 2.45) is 0 Å². The van der Waals surface area contributed by atoms with Crippen LogP contribution in [0.25, 0.3) is 0 Å². The van der Waals surface area contributed by atoms with Crippen molar-refractivity contribution in [1.82, 2.24) is 10.6 Å². The second kappa shape index (κ2) is 9.20. The lowest BCUT2D eigenvalue weighted by atomic mass is 10.1. The molecule has 0 fully saturated rings. The van der Waals surface area contributed by atoms with E-state index >= 15 is 0 Å². The Labute approximate surface area is 120 Å². The molecule has 0 saturated carbocycles. The zero-order chi connectivity index (χ0) is 14.8. The third kappa shape index (κ3) is 5.93. The van der Waals surface area contributed by atoms with Gasteiger partial charge in [-0.05, 0) is 24.1 Å². The van der Waals surface area contributed by atoms with Crippen LogP contribution in [0.1, 0.15) is 37.9 Å². The van der Waals surface area contributed by atoms with Gasteiger partial charge in [-0.25, -0.2) is 4.79 Å². The predicted molar refractivity (Wildman–Crippen MR) is 78.9 cm³/mol. The van der Waals surface area contributed by atoms with E-state index < -0.39 is 6.10 Å². The molecular formula is C15H24N2O3. The molecule has 1 rings (SSSR count). The lowest BCUT2D eigenvalue weighted by Gasteiger charge is -2.13. The van der Waals surface area contributed by atoms with E-state index in [0.717, 1.165) is 24.8 Å². The van der Waals surface area contributed by atoms with Gasteiger partial charge >= 0.3 is 6.03 Å². The van der Waals surface area contributed by atoms with Gasteiger partial charge in [0.05, 0.1) is 13.2 Å². The van der Waals surface area contributed by atoms with Crippen molar-refractivity contribution in [1.29, 1.82) is 0 Å². The van der Waals surface area contributed by atoms with E-state index in [0.29, 0.717) is 12.3 Å². The molecule has 0 aliphatic carbocycles. The van der Waals surface area contributed by atoms with Crippen molar-refractivity contribution >= 4 is 6.03 Å². The monoisotopic (exact) mass is 280 g/mol. The number of ether oxygens (including phenoxy) is 1. The van der Waals surface area contributed by atoms with Crippen LogP contribution in [0.5, 0.6) is 5.75 Å². The van der Waals surface area contributed by atoms with Gasteiger partial charge < -0.3 is 20.5 Å². The van der Waals surface area contributed by atoms with Gasteiger partial charge in [-0.2, -0.15) is 0 Å². The van der Waals surface area contributed by atoms with Crippen molar-refractivity contribution in [3.8, 4) is 5.75 Å². The number of unbranched alkanes of at least 4 members (excludes halogenated alkanes) is 2. The molecule has 1 unspecified atom stereocenters. The fourth-order valence-electron chi connectivity index (χ4n) is 1.80. The molecule has 3 N–H and O–H groups in total. The van der Waals surface area contributed by atoms with Crippen molar-refractivity contribution in [3.05, 3.63) is 29.8 Å².